The van der Waals surface area contributed by atoms with Crippen molar-refractivity contribution in [2.45, 2.75) is 46.0 Å². The summed E-state index contributed by atoms with van der Waals surface area (Å²) in [7, 11) is 0. The molecule has 2 aliphatic rings. The first-order chi connectivity index (χ1) is 15.4. The Labute approximate surface area is 192 Å². The number of rotatable bonds is 4. The Morgan fingerprint density at radius 1 is 1.24 bits per heavy atom. The van der Waals surface area contributed by atoms with Crippen molar-refractivity contribution in [2.24, 2.45) is 5.41 Å². The van der Waals surface area contributed by atoms with Crippen LogP contribution in [0.3, 0.4) is 0 Å². The minimum atomic E-state index is -5.08. The summed E-state index contributed by atoms with van der Waals surface area (Å²) in [6.07, 6.45) is 0.158. The van der Waals surface area contributed by atoms with Crippen molar-refractivity contribution >= 4 is 23.5 Å². The lowest BCUT2D eigenvalue weighted by molar-refractivity contribution is -0.192. The summed E-state index contributed by atoms with van der Waals surface area (Å²) in [6.45, 7) is 7.63. The van der Waals surface area contributed by atoms with Crippen LogP contribution in [0.1, 0.15) is 35.6 Å². The topological polar surface area (TPSA) is 113 Å². The molecule has 13 heteroatoms. The molecule has 0 saturated carbocycles. The molecule has 1 atom stereocenters. The fraction of sp³-hybridized carbons (Fsp3) is 0.550. The van der Waals surface area contributed by atoms with Crippen LogP contribution in [-0.2, 0) is 22.7 Å². The number of likely N-dealkylation sites (tertiary alicyclic amines) is 2. The van der Waals surface area contributed by atoms with E-state index >= 15 is 0 Å². The summed E-state index contributed by atoms with van der Waals surface area (Å²) < 4.78 is 36.9. The van der Waals surface area contributed by atoms with Gasteiger partial charge in [0.05, 0.1) is 35.7 Å². The summed E-state index contributed by atoms with van der Waals surface area (Å²) >= 11 is 5.80. The van der Waals surface area contributed by atoms with Gasteiger partial charge in [-0.3, -0.25) is 14.7 Å². The maximum absolute atomic E-state index is 12.9. The van der Waals surface area contributed by atoms with Crippen LogP contribution < -0.4 is 0 Å². The highest BCUT2D eigenvalue weighted by Crippen LogP contribution is 2.41. The number of hydrogen-bond donors (Lipinski definition) is 1. The molecule has 2 fully saturated rings. The van der Waals surface area contributed by atoms with Gasteiger partial charge in [-0.25, -0.2) is 9.78 Å². The number of aromatic nitrogens is 3. The van der Waals surface area contributed by atoms with E-state index < -0.39 is 12.1 Å². The van der Waals surface area contributed by atoms with E-state index in [0.29, 0.717) is 18.2 Å². The van der Waals surface area contributed by atoms with Gasteiger partial charge in [0, 0.05) is 25.2 Å². The van der Waals surface area contributed by atoms with Gasteiger partial charge in [0.25, 0.3) is 0 Å². The second-order valence-corrected chi connectivity index (χ2v) is 8.58. The largest absolute Gasteiger partial charge is 0.490 e. The number of alkyl halides is 3. The van der Waals surface area contributed by atoms with Crippen molar-refractivity contribution in [3.8, 4) is 0 Å². The molecule has 0 aliphatic carbocycles. The summed E-state index contributed by atoms with van der Waals surface area (Å²) in [4.78, 5) is 34.4. The van der Waals surface area contributed by atoms with Gasteiger partial charge in [-0.1, -0.05) is 16.8 Å². The number of carboxylic acids is 1. The summed E-state index contributed by atoms with van der Waals surface area (Å²) in [5.74, 6) is -1.72. The van der Waals surface area contributed by atoms with E-state index in [4.69, 9.17) is 26.0 Å². The molecular weight excluding hydrogens is 467 g/mol. The molecule has 180 valence electrons. The second kappa shape index (κ2) is 9.64. The van der Waals surface area contributed by atoms with E-state index in [1.807, 2.05) is 18.7 Å². The van der Waals surface area contributed by atoms with Crippen LogP contribution in [0.4, 0.5) is 13.2 Å². The van der Waals surface area contributed by atoms with E-state index in [1.54, 1.807) is 12.4 Å². The van der Waals surface area contributed by atoms with Crippen LogP contribution in [0.2, 0.25) is 5.15 Å². The van der Waals surface area contributed by atoms with Crippen molar-refractivity contribution < 1.29 is 32.4 Å². The fourth-order valence-corrected chi connectivity index (χ4v) is 4.21. The van der Waals surface area contributed by atoms with Crippen molar-refractivity contribution in [1.82, 2.24) is 24.9 Å². The Bertz CT molecular complexity index is 995. The first-order valence-corrected chi connectivity index (χ1v) is 10.5. The zero-order valence-electron chi connectivity index (χ0n) is 18.0. The van der Waals surface area contributed by atoms with Crippen molar-refractivity contribution in [1.29, 1.82) is 0 Å². The lowest BCUT2D eigenvalue weighted by Crippen LogP contribution is -2.66. The van der Waals surface area contributed by atoms with Crippen LogP contribution in [-0.4, -0.2) is 67.7 Å². The predicted octanol–water partition coefficient (Wildman–Crippen LogP) is 2.99. The van der Waals surface area contributed by atoms with Crippen molar-refractivity contribution in [3.05, 3.63) is 40.3 Å². The van der Waals surface area contributed by atoms with Gasteiger partial charge in [0.15, 0.2) is 0 Å². The molecule has 9 nitrogen and oxygen atoms in total. The number of hydrogen-bond acceptors (Lipinski definition) is 7. The maximum Gasteiger partial charge on any atom is 0.490 e. The average Bonchev–Trinajstić information content (AvgIpc) is 3.07. The number of carbonyl (C=O) groups excluding carboxylic acids is 1. The summed E-state index contributed by atoms with van der Waals surface area (Å²) in [5.41, 5.74) is 2.52. The number of piperidine rings is 1. The van der Waals surface area contributed by atoms with E-state index in [1.165, 1.54) is 0 Å². The van der Waals surface area contributed by atoms with Gasteiger partial charge in [-0.15, -0.1) is 0 Å². The zero-order chi connectivity index (χ0) is 24.4. The lowest BCUT2D eigenvalue weighted by atomic mass is 9.72. The van der Waals surface area contributed by atoms with Gasteiger partial charge in [0.2, 0.25) is 5.91 Å². The first-order valence-electron chi connectivity index (χ1n) is 10.1. The minimum Gasteiger partial charge on any atom is -0.475 e. The first kappa shape index (κ1) is 24.9. The Morgan fingerprint density at radius 3 is 2.45 bits per heavy atom. The quantitative estimate of drug-likeness (QED) is 0.652. The number of nitrogens with zero attached hydrogens (tertiary/aromatic N) is 5. The third-order valence-electron chi connectivity index (χ3n) is 5.72. The molecule has 4 heterocycles. The number of amides is 1. The Hall–Kier alpha value is -2.73. The van der Waals surface area contributed by atoms with Gasteiger partial charge in [0.1, 0.15) is 10.9 Å². The van der Waals surface area contributed by atoms with Gasteiger partial charge in [-0.05, 0) is 33.2 Å². The molecule has 2 aliphatic heterocycles. The monoisotopic (exact) mass is 489 g/mol. The lowest BCUT2D eigenvalue weighted by Gasteiger charge is -2.53. The fourth-order valence-electron chi connectivity index (χ4n) is 4.11. The molecule has 2 aromatic heterocycles. The van der Waals surface area contributed by atoms with Crippen molar-refractivity contribution in [2.75, 3.05) is 19.6 Å². The van der Waals surface area contributed by atoms with Crippen LogP contribution >= 0.6 is 11.6 Å². The molecule has 1 N–H and O–H groups in total. The normalized spacial score (nSPS) is 20.9. The predicted molar refractivity (Wildman–Crippen MR) is 109 cm³/mol. The van der Waals surface area contributed by atoms with Gasteiger partial charge in [-0.2, -0.15) is 13.2 Å². The Kier molecular flexibility index (Phi) is 7.27. The zero-order valence-corrected chi connectivity index (χ0v) is 18.8. The number of aryl methyl sites for hydroxylation is 2. The molecule has 1 spiro atoms. The Balaban J connectivity index is 0.000000383. The number of aliphatic carboxylic acids is 1. The summed E-state index contributed by atoms with van der Waals surface area (Å²) in [5, 5.41) is 11.5. The van der Waals surface area contributed by atoms with Crippen LogP contribution in [0, 0.1) is 19.3 Å². The molecule has 2 aromatic rings. The highest BCUT2D eigenvalue weighted by molar-refractivity contribution is 6.29. The molecule has 0 radical (unpaired) electrons. The van der Waals surface area contributed by atoms with E-state index in [2.05, 4.69) is 20.0 Å². The molecule has 1 unspecified atom stereocenters. The summed E-state index contributed by atoms with van der Waals surface area (Å²) in [6, 6.07) is 0. The highest BCUT2D eigenvalue weighted by Gasteiger charge is 2.53. The third-order valence-corrected chi connectivity index (χ3v) is 5.92. The number of halogens is 4. The molecular formula is C20H23ClF3N5O4. The molecule has 0 bridgehead atoms. The van der Waals surface area contributed by atoms with E-state index in [-0.39, 0.29) is 11.3 Å². The van der Waals surface area contributed by atoms with E-state index in [9.17, 15) is 18.0 Å². The second-order valence-electron chi connectivity index (χ2n) is 8.19. The third kappa shape index (κ3) is 5.80. The van der Waals surface area contributed by atoms with Crippen molar-refractivity contribution in [3.63, 3.8) is 0 Å². The Morgan fingerprint density at radius 2 is 1.94 bits per heavy atom. The highest BCUT2D eigenvalue weighted by atomic mass is 35.5. The number of β-lactam (4-membered cyclic amide) rings is 1. The van der Waals surface area contributed by atoms with Gasteiger partial charge >= 0.3 is 12.1 Å². The molecule has 33 heavy (non-hydrogen) atoms. The van der Waals surface area contributed by atoms with Crippen LogP contribution in [0.5, 0.6) is 0 Å². The van der Waals surface area contributed by atoms with E-state index in [0.717, 1.165) is 55.2 Å². The molecule has 2 saturated heterocycles. The van der Waals surface area contributed by atoms with Crippen LogP contribution in [0.15, 0.2) is 16.9 Å². The number of carbonyl (C=O) groups is 2. The molecule has 0 aromatic carbocycles. The minimum absolute atomic E-state index is 0.240. The molecule has 1 amide bonds. The smallest absolute Gasteiger partial charge is 0.475 e. The van der Waals surface area contributed by atoms with Gasteiger partial charge < -0.3 is 14.5 Å². The maximum atomic E-state index is 12.9. The van der Waals surface area contributed by atoms with Crippen LogP contribution in [0.25, 0.3) is 0 Å². The average molecular weight is 490 g/mol. The SMILES string of the molecule is Cc1noc(C)c1CN1CC2(CCCN(Cc3cnc(Cl)cn3)C2)C1=O.O=C(O)C(F)(F)F. The number of carboxylic acid groups (broad SMARTS) is 1. The standard InChI is InChI=1S/C18H22ClN5O2.C2HF3O2/c1-12-15(13(2)26-22-12)9-24-11-18(17(24)25)4-3-5-23(10-18)8-14-6-21-16(19)7-20-14;3-2(4,5)1(6)7/h6-7H,3-5,8-11H2,1-2H3;(H,6,7). The molecule has 4 rings (SSSR count).